The number of halogens is 3. The maximum absolute atomic E-state index is 12.9. The molecule has 3 heterocycles. The summed E-state index contributed by atoms with van der Waals surface area (Å²) in [6.07, 6.45) is -4.33. The van der Waals surface area contributed by atoms with Crippen molar-refractivity contribution in [3.63, 3.8) is 0 Å². The number of nitrogen functional groups attached to an aromatic ring is 2. The molecule has 0 bridgehead atoms. The van der Waals surface area contributed by atoms with Gasteiger partial charge < -0.3 is 11.5 Å². The molecular formula is C18H20F3N9. The lowest BCUT2D eigenvalue weighted by Crippen LogP contribution is -2.45. The van der Waals surface area contributed by atoms with Crippen LogP contribution in [-0.2, 0) is 19.3 Å². The van der Waals surface area contributed by atoms with Gasteiger partial charge in [-0.25, -0.2) is 4.98 Å². The molecular weight excluding hydrogens is 399 g/mol. The van der Waals surface area contributed by atoms with Gasteiger partial charge in [0.05, 0.1) is 12.1 Å². The van der Waals surface area contributed by atoms with Crippen molar-refractivity contribution in [3.8, 4) is 0 Å². The maximum Gasteiger partial charge on any atom is 0.416 e. The zero-order chi connectivity index (χ0) is 21.3. The van der Waals surface area contributed by atoms with E-state index in [4.69, 9.17) is 11.5 Å². The first-order valence-corrected chi connectivity index (χ1v) is 9.31. The second-order valence-electron chi connectivity index (χ2n) is 7.12. The third-order valence-electron chi connectivity index (χ3n) is 4.90. The second kappa shape index (κ2) is 7.95. The number of aromatic nitrogens is 5. The molecule has 0 saturated carbocycles. The SMILES string of the molecule is Nc1nc(N)c2nc(CN3CCN(Cc4cccc(C(F)(F)F)c4)CC3)nnc2n1. The molecule has 0 spiro atoms. The van der Waals surface area contributed by atoms with Crippen molar-refractivity contribution >= 4 is 22.9 Å². The van der Waals surface area contributed by atoms with Crippen molar-refractivity contribution in [2.75, 3.05) is 37.6 Å². The largest absolute Gasteiger partial charge is 0.416 e. The summed E-state index contributed by atoms with van der Waals surface area (Å²) in [5.74, 6) is 0.661. The molecule has 2 aromatic heterocycles. The molecule has 1 fully saturated rings. The molecule has 9 nitrogen and oxygen atoms in total. The smallest absolute Gasteiger partial charge is 0.382 e. The van der Waals surface area contributed by atoms with Crippen LogP contribution >= 0.6 is 0 Å². The number of rotatable bonds is 4. The standard InChI is InChI=1S/C18H20F3N9/c19-18(20,21)12-3-1-2-11(8-12)9-29-4-6-30(7-5-29)10-13-24-14-15(22)25-17(23)26-16(14)28-27-13/h1-3,8H,4-7,9-10H2,(H4,22,23,25,26,28). The summed E-state index contributed by atoms with van der Waals surface area (Å²) in [6, 6.07) is 5.46. The number of piperazine rings is 1. The molecule has 158 valence electrons. The first-order valence-electron chi connectivity index (χ1n) is 9.31. The van der Waals surface area contributed by atoms with Crippen molar-refractivity contribution in [2.24, 2.45) is 0 Å². The Labute approximate surface area is 169 Å². The summed E-state index contributed by atoms with van der Waals surface area (Å²) in [5, 5.41) is 8.09. The Balaban J connectivity index is 1.36. The molecule has 0 radical (unpaired) electrons. The summed E-state index contributed by atoms with van der Waals surface area (Å²) in [5.41, 5.74) is 12.0. The van der Waals surface area contributed by atoms with Crippen molar-refractivity contribution < 1.29 is 13.2 Å². The number of fused-ring (bicyclic) bond motifs is 1. The number of hydrogen-bond donors (Lipinski definition) is 2. The van der Waals surface area contributed by atoms with Crippen LogP contribution in [0.5, 0.6) is 0 Å². The molecule has 1 aromatic carbocycles. The van der Waals surface area contributed by atoms with Gasteiger partial charge in [0.15, 0.2) is 17.2 Å². The van der Waals surface area contributed by atoms with E-state index < -0.39 is 11.7 Å². The van der Waals surface area contributed by atoms with Gasteiger partial charge in [-0.15, -0.1) is 10.2 Å². The predicted molar refractivity (Wildman–Crippen MR) is 104 cm³/mol. The zero-order valence-electron chi connectivity index (χ0n) is 16.0. The number of alkyl halides is 3. The molecule has 0 amide bonds. The van der Waals surface area contributed by atoms with E-state index in [2.05, 4.69) is 34.9 Å². The van der Waals surface area contributed by atoms with Gasteiger partial charge in [-0.1, -0.05) is 18.2 Å². The van der Waals surface area contributed by atoms with Crippen LogP contribution in [-0.4, -0.2) is 61.1 Å². The molecule has 0 atom stereocenters. The minimum absolute atomic E-state index is 0.0146. The number of hydrogen-bond acceptors (Lipinski definition) is 9. The van der Waals surface area contributed by atoms with Crippen LogP contribution in [0.25, 0.3) is 11.2 Å². The quantitative estimate of drug-likeness (QED) is 0.644. The topological polar surface area (TPSA) is 123 Å². The summed E-state index contributed by atoms with van der Waals surface area (Å²) in [6.45, 7) is 3.85. The van der Waals surface area contributed by atoms with Gasteiger partial charge in [0.1, 0.15) is 0 Å². The summed E-state index contributed by atoms with van der Waals surface area (Å²) in [4.78, 5) is 16.5. The average molecular weight is 419 g/mol. The van der Waals surface area contributed by atoms with Crippen LogP contribution in [0.4, 0.5) is 24.9 Å². The molecule has 3 aromatic rings. The van der Waals surface area contributed by atoms with Crippen LogP contribution < -0.4 is 11.5 Å². The van der Waals surface area contributed by atoms with E-state index in [1.165, 1.54) is 12.1 Å². The Bertz CT molecular complexity index is 1050. The van der Waals surface area contributed by atoms with E-state index in [-0.39, 0.29) is 17.4 Å². The lowest BCUT2D eigenvalue weighted by atomic mass is 10.1. The van der Waals surface area contributed by atoms with Crippen LogP contribution in [0.3, 0.4) is 0 Å². The summed E-state index contributed by atoms with van der Waals surface area (Å²) >= 11 is 0. The van der Waals surface area contributed by atoms with Gasteiger partial charge in [-0.3, -0.25) is 9.80 Å². The normalized spacial score (nSPS) is 16.2. The highest BCUT2D eigenvalue weighted by atomic mass is 19.4. The fourth-order valence-electron chi connectivity index (χ4n) is 3.39. The summed E-state index contributed by atoms with van der Waals surface area (Å²) < 4.78 is 38.7. The number of nitrogens with zero attached hydrogens (tertiary/aromatic N) is 7. The summed E-state index contributed by atoms with van der Waals surface area (Å²) in [7, 11) is 0. The predicted octanol–water partition coefficient (Wildman–Crippen LogP) is 1.32. The molecule has 12 heteroatoms. The fourth-order valence-corrected chi connectivity index (χ4v) is 3.39. The molecule has 4 rings (SSSR count). The minimum Gasteiger partial charge on any atom is -0.382 e. The lowest BCUT2D eigenvalue weighted by molar-refractivity contribution is -0.137. The Morgan fingerprint density at radius 3 is 2.30 bits per heavy atom. The van der Waals surface area contributed by atoms with Crippen LogP contribution in [0, 0.1) is 0 Å². The van der Waals surface area contributed by atoms with E-state index in [1.807, 2.05) is 0 Å². The van der Waals surface area contributed by atoms with Gasteiger partial charge in [0.25, 0.3) is 0 Å². The number of benzene rings is 1. The Kier molecular flexibility index (Phi) is 5.35. The monoisotopic (exact) mass is 419 g/mol. The molecule has 0 aliphatic carbocycles. The second-order valence-corrected chi connectivity index (χ2v) is 7.12. The van der Waals surface area contributed by atoms with Crippen LogP contribution in [0.2, 0.25) is 0 Å². The lowest BCUT2D eigenvalue weighted by Gasteiger charge is -2.34. The fraction of sp³-hybridized carbons (Fsp3) is 0.389. The Morgan fingerprint density at radius 2 is 1.60 bits per heavy atom. The van der Waals surface area contributed by atoms with E-state index in [0.29, 0.717) is 30.0 Å². The third kappa shape index (κ3) is 4.54. The van der Waals surface area contributed by atoms with E-state index in [1.54, 1.807) is 6.07 Å². The first-order chi connectivity index (χ1) is 14.3. The molecule has 1 saturated heterocycles. The van der Waals surface area contributed by atoms with E-state index in [0.717, 1.165) is 32.2 Å². The molecule has 4 N–H and O–H groups in total. The average Bonchev–Trinajstić information content (AvgIpc) is 2.69. The van der Waals surface area contributed by atoms with Crippen molar-refractivity contribution in [2.45, 2.75) is 19.3 Å². The number of nitrogens with two attached hydrogens (primary N) is 2. The van der Waals surface area contributed by atoms with Crippen LogP contribution in [0.1, 0.15) is 17.0 Å². The maximum atomic E-state index is 12.9. The van der Waals surface area contributed by atoms with Crippen molar-refractivity contribution in [1.29, 1.82) is 0 Å². The zero-order valence-corrected chi connectivity index (χ0v) is 16.0. The van der Waals surface area contributed by atoms with Crippen molar-refractivity contribution in [3.05, 3.63) is 41.2 Å². The minimum atomic E-state index is -4.33. The van der Waals surface area contributed by atoms with E-state index in [9.17, 15) is 13.2 Å². The van der Waals surface area contributed by atoms with Crippen molar-refractivity contribution in [1.82, 2.24) is 34.9 Å². The molecule has 1 aliphatic heterocycles. The van der Waals surface area contributed by atoms with Gasteiger partial charge >= 0.3 is 6.18 Å². The highest BCUT2D eigenvalue weighted by molar-refractivity contribution is 5.81. The van der Waals surface area contributed by atoms with E-state index >= 15 is 0 Å². The molecule has 0 unspecified atom stereocenters. The molecule has 1 aliphatic rings. The highest BCUT2D eigenvalue weighted by Crippen LogP contribution is 2.29. The van der Waals surface area contributed by atoms with Crippen LogP contribution in [0.15, 0.2) is 24.3 Å². The third-order valence-corrected chi connectivity index (χ3v) is 4.90. The Morgan fingerprint density at radius 1 is 0.900 bits per heavy atom. The van der Waals surface area contributed by atoms with Gasteiger partial charge in [0, 0.05) is 32.7 Å². The Hall–Kier alpha value is -3.12. The van der Waals surface area contributed by atoms with Gasteiger partial charge in [-0.05, 0) is 11.6 Å². The first kappa shape index (κ1) is 20.2. The molecule has 30 heavy (non-hydrogen) atoms. The van der Waals surface area contributed by atoms with Gasteiger partial charge in [0.2, 0.25) is 11.6 Å². The highest BCUT2D eigenvalue weighted by Gasteiger charge is 2.30. The van der Waals surface area contributed by atoms with Gasteiger partial charge in [-0.2, -0.15) is 23.1 Å². The number of anilines is 2.